The van der Waals surface area contributed by atoms with Crippen LogP contribution in [0.2, 0.25) is 0 Å². The predicted molar refractivity (Wildman–Crippen MR) is 114 cm³/mol. The van der Waals surface area contributed by atoms with Gasteiger partial charge in [-0.05, 0) is 44.4 Å². The zero-order chi connectivity index (χ0) is 20.4. The van der Waals surface area contributed by atoms with Crippen molar-refractivity contribution >= 4 is 32.6 Å². The number of carbonyl (C=O) groups excluding carboxylic acids is 1. The fraction of sp³-hybridized carbons (Fsp3) is 0.476. The minimum atomic E-state index is -0.194. The number of rotatable bonds is 6. The number of fused-ring (bicyclic) bond motifs is 1. The van der Waals surface area contributed by atoms with Gasteiger partial charge in [0.1, 0.15) is 0 Å². The van der Waals surface area contributed by atoms with Crippen LogP contribution in [-0.4, -0.2) is 60.3 Å². The standard InChI is InChI=1S/C21H26N4O3S/c1-14-11-15(2)19-17(12-14)22-21(29-19)25(20(26)18-13-16(3)23-28-18)6-4-5-24-7-9-27-10-8-24/h11-13H,4-10H2,1-3H3. The van der Waals surface area contributed by atoms with Gasteiger partial charge in [-0.2, -0.15) is 0 Å². The van der Waals surface area contributed by atoms with E-state index in [4.69, 9.17) is 14.2 Å². The van der Waals surface area contributed by atoms with Crippen molar-refractivity contribution in [1.29, 1.82) is 0 Å². The van der Waals surface area contributed by atoms with Gasteiger partial charge in [-0.1, -0.05) is 22.6 Å². The molecule has 0 aliphatic carbocycles. The third kappa shape index (κ3) is 4.49. The van der Waals surface area contributed by atoms with E-state index in [2.05, 4.69) is 36.0 Å². The van der Waals surface area contributed by atoms with Crippen molar-refractivity contribution in [3.63, 3.8) is 0 Å². The molecule has 1 aliphatic heterocycles. The Balaban J connectivity index is 1.58. The minimum absolute atomic E-state index is 0.194. The molecule has 0 atom stereocenters. The maximum atomic E-state index is 13.2. The average Bonchev–Trinajstić information content (AvgIpc) is 3.32. The monoisotopic (exact) mass is 414 g/mol. The highest BCUT2D eigenvalue weighted by Gasteiger charge is 2.25. The first-order chi connectivity index (χ1) is 14.0. The summed E-state index contributed by atoms with van der Waals surface area (Å²) in [5.41, 5.74) is 3.97. The van der Waals surface area contributed by atoms with Crippen LogP contribution in [0.4, 0.5) is 5.13 Å². The second-order valence-corrected chi connectivity index (χ2v) is 8.50. The van der Waals surface area contributed by atoms with E-state index >= 15 is 0 Å². The molecule has 29 heavy (non-hydrogen) atoms. The highest BCUT2D eigenvalue weighted by Crippen LogP contribution is 2.33. The number of thiazole rings is 1. The van der Waals surface area contributed by atoms with Gasteiger partial charge >= 0.3 is 0 Å². The normalized spacial score (nSPS) is 15.1. The Hall–Kier alpha value is -2.29. The van der Waals surface area contributed by atoms with E-state index in [0.717, 1.165) is 49.5 Å². The first-order valence-corrected chi connectivity index (χ1v) is 10.8. The number of morpholine rings is 1. The van der Waals surface area contributed by atoms with Crippen molar-refractivity contribution < 1.29 is 14.1 Å². The van der Waals surface area contributed by atoms with Crippen LogP contribution in [0.5, 0.6) is 0 Å². The van der Waals surface area contributed by atoms with Crippen LogP contribution in [-0.2, 0) is 4.74 Å². The number of nitrogens with zero attached hydrogens (tertiary/aromatic N) is 4. The fourth-order valence-electron chi connectivity index (χ4n) is 3.64. The van der Waals surface area contributed by atoms with Gasteiger partial charge in [0.2, 0.25) is 5.76 Å². The molecule has 0 spiro atoms. The Morgan fingerprint density at radius 3 is 2.72 bits per heavy atom. The minimum Gasteiger partial charge on any atom is -0.379 e. The Labute approximate surface area is 174 Å². The summed E-state index contributed by atoms with van der Waals surface area (Å²) in [6.07, 6.45) is 0.854. The lowest BCUT2D eigenvalue weighted by molar-refractivity contribution is 0.0376. The van der Waals surface area contributed by atoms with Gasteiger partial charge < -0.3 is 9.26 Å². The molecule has 1 aliphatic rings. The van der Waals surface area contributed by atoms with Crippen LogP contribution >= 0.6 is 11.3 Å². The van der Waals surface area contributed by atoms with Crippen LogP contribution in [0.25, 0.3) is 10.2 Å². The zero-order valence-corrected chi connectivity index (χ0v) is 17.9. The molecule has 8 heteroatoms. The highest BCUT2D eigenvalue weighted by atomic mass is 32.1. The van der Waals surface area contributed by atoms with Crippen LogP contribution < -0.4 is 4.90 Å². The van der Waals surface area contributed by atoms with Gasteiger partial charge in [0.05, 0.1) is 29.1 Å². The SMILES string of the molecule is Cc1cc(C)c2sc(N(CCCN3CCOCC3)C(=O)c3cc(C)no3)nc2c1. The van der Waals surface area contributed by atoms with E-state index in [9.17, 15) is 4.79 Å². The largest absolute Gasteiger partial charge is 0.379 e. The van der Waals surface area contributed by atoms with Gasteiger partial charge in [-0.15, -0.1) is 0 Å². The fourth-order valence-corrected chi connectivity index (χ4v) is 4.68. The molecule has 2 aromatic heterocycles. The molecule has 154 valence electrons. The van der Waals surface area contributed by atoms with E-state index in [-0.39, 0.29) is 11.7 Å². The lowest BCUT2D eigenvalue weighted by Crippen LogP contribution is -2.39. The Morgan fingerprint density at radius 2 is 2.00 bits per heavy atom. The maximum Gasteiger partial charge on any atom is 0.298 e. The lowest BCUT2D eigenvalue weighted by atomic mass is 10.1. The van der Waals surface area contributed by atoms with Gasteiger partial charge in [0.15, 0.2) is 5.13 Å². The number of hydrogen-bond acceptors (Lipinski definition) is 7. The van der Waals surface area contributed by atoms with Crippen molar-refractivity contribution in [2.75, 3.05) is 44.3 Å². The van der Waals surface area contributed by atoms with E-state index < -0.39 is 0 Å². The van der Waals surface area contributed by atoms with Crippen molar-refractivity contribution in [2.24, 2.45) is 0 Å². The Bertz CT molecular complexity index is 1010. The topological polar surface area (TPSA) is 71.7 Å². The van der Waals surface area contributed by atoms with E-state index in [1.165, 1.54) is 11.1 Å². The summed E-state index contributed by atoms with van der Waals surface area (Å²) in [7, 11) is 0. The number of aryl methyl sites for hydroxylation is 3. The molecule has 0 bridgehead atoms. The molecular weight excluding hydrogens is 388 g/mol. The summed E-state index contributed by atoms with van der Waals surface area (Å²) in [5.74, 6) is 0.0574. The lowest BCUT2D eigenvalue weighted by Gasteiger charge is -2.27. The first-order valence-electron chi connectivity index (χ1n) is 9.94. The number of benzene rings is 1. The smallest absolute Gasteiger partial charge is 0.298 e. The van der Waals surface area contributed by atoms with Crippen molar-refractivity contribution in [3.8, 4) is 0 Å². The van der Waals surface area contributed by atoms with E-state index in [1.807, 2.05) is 6.92 Å². The molecule has 0 radical (unpaired) electrons. The van der Waals surface area contributed by atoms with Crippen molar-refractivity contribution in [3.05, 3.63) is 40.8 Å². The zero-order valence-electron chi connectivity index (χ0n) is 17.1. The molecule has 0 saturated carbocycles. The highest BCUT2D eigenvalue weighted by molar-refractivity contribution is 7.22. The van der Waals surface area contributed by atoms with Crippen LogP contribution in [0, 0.1) is 20.8 Å². The van der Waals surface area contributed by atoms with Crippen LogP contribution in [0.15, 0.2) is 22.7 Å². The quantitative estimate of drug-likeness (QED) is 0.614. The summed E-state index contributed by atoms with van der Waals surface area (Å²) in [6.45, 7) is 10.9. The first kappa shape index (κ1) is 20.0. The molecule has 1 saturated heterocycles. The second kappa shape index (κ2) is 8.61. The third-order valence-corrected chi connectivity index (χ3v) is 6.31. The number of anilines is 1. The summed E-state index contributed by atoms with van der Waals surface area (Å²) >= 11 is 1.55. The summed E-state index contributed by atoms with van der Waals surface area (Å²) in [4.78, 5) is 22.1. The third-order valence-electron chi connectivity index (χ3n) is 5.08. The van der Waals surface area contributed by atoms with Gasteiger partial charge in [0.25, 0.3) is 5.91 Å². The van der Waals surface area contributed by atoms with E-state index in [1.54, 1.807) is 22.3 Å². The molecule has 1 fully saturated rings. The summed E-state index contributed by atoms with van der Waals surface area (Å²) in [6, 6.07) is 5.89. The van der Waals surface area contributed by atoms with Crippen LogP contribution in [0.3, 0.4) is 0 Å². The van der Waals surface area contributed by atoms with Crippen LogP contribution in [0.1, 0.15) is 33.8 Å². The number of hydrogen-bond donors (Lipinski definition) is 0. The predicted octanol–water partition coefficient (Wildman–Crippen LogP) is 3.58. The van der Waals surface area contributed by atoms with E-state index in [0.29, 0.717) is 17.4 Å². The summed E-state index contributed by atoms with van der Waals surface area (Å²) < 4.78 is 11.8. The Morgan fingerprint density at radius 1 is 1.21 bits per heavy atom. The molecule has 0 unspecified atom stereocenters. The molecule has 1 amide bonds. The number of aromatic nitrogens is 2. The molecule has 3 heterocycles. The molecule has 7 nitrogen and oxygen atoms in total. The summed E-state index contributed by atoms with van der Waals surface area (Å²) in [5, 5.41) is 4.58. The number of amides is 1. The van der Waals surface area contributed by atoms with Gasteiger partial charge in [-0.25, -0.2) is 4.98 Å². The van der Waals surface area contributed by atoms with Gasteiger partial charge in [-0.3, -0.25) is 14.6 Å². The average molecular weight is 415 g/mol. The van der Waals surface area contributed by atoms with Gasteiger partial charge in [0, 0.05) is 32.2 Å². The number of ether oxygens (including phenoxy) is 1. The molecule has 1 aromatic carbocycles. The molecule has 4 rings (SSSR count). The Kier molecular flexibility index (Phi) is 5.94. The van der Waals surface area contributed by atoms with Crippen molar-refractivity contribution in [2.45, 2.75) is 27.2 Å². The molecular formula is C21H26N4O3S. The second-order valence-electron chi connectivity index (χ2n) is 7.52. The number of carbonyl (C=O) groups is 1. The molecule has 3 aromatic rings. The molecule has 0 N–H and O–H groups in total. The van der Waals surface area contributed by atoms with Crippen molar-refractivity contribution in [1.82, 2.24) is 15.0 Å². The maximum absolute atomic E-state index is 13.2.